The Morgan fingerprint density at radius 3 is 2.27 bits per heavy atom. The molecule has 0 aromatic rings. The number of ether oxygens (including phenoxy) is 1. The first-order valence-corrected chi connectivity index (χ1v) is 3.59. The van der Waals surface area contributed by atoms with Crippen molar-refractivity contribution in [3.05, 3.63) is 0 Å². The lowest BCUT2D eigenvalue weighted by atomic mass is 10.2. The van der Waals surface area contributed by atoms with Gasteiger partial charge in [-0.2, -0.15) is 5.06 Å². The molecule has 0 N–H and O–H groups in total. The molecule has 0 spiro atoms. The SMILES string of the molecule is C[C@@H]1ON1C(=O)OC(C)(C)C. The molecule has 1 saturated heterocycles. The van der Waals surface area contributed by atoms with Crippen molar-refractivity contribution >= 4 is 6.09 Å². The molecule has 1 atom stereocenters. The molecule has 1 fully saturated rings. The lowest BCUT2D eigenvalue weighted by Gasteiger charge is -2.18. The lowest BCUT2D eigenvalue weighted by Crippen LogP contribution is -2.27. The molecule has 11 heavy (non-hydrogen) atoms. The highest BCUT2D eigenvalue weighted by molar-refractivity contribution is 5.68. The Morgan fingerprint density at radius 2 is 2.00 bits per heavy atom. The second-order valence-corrected chi connectivity index (χ2v) is 3.51. The van der Waals surface area contributed by atoms with E-state index < -0.39 is 11.7 Å². The number of hydrogen-bond acceptors (Lipinski definition) is 3. The maximum atomic E-state index is 11.0. The minimum atomic E-state index is -0.442. The summed E-state index contributed by atoms with van der Waals surface area (Å²) in [5, 5.41) is 1.20. The highest BCUT2D eigenvalue weighted by atomic mass is 16.9. The zero-order valence-electron chi connectivity index (χ0n) is 7.25. The third-order valence-electron chi connectivity index (χ3n) is 1.12. The molecule has 0 aliphatic carbocycles. The van der Waals surface area contributed by atoms with Gasteiger partial charge in [-0.3, -0.25) is 0 Å². The third-order valence-corrected chi connectivity index (χ3v) is 1.12. The van der Waals surface area contributed by atoms with Crippen LogP contribution in [0.1, 0.15) is 27.7 Å². The molecule has 4 heteroatoms. The molecule has 1 heterocycles. The van der Waals surface area contributed by atoms with Gasteiger partial charge in [0.25, 0.3) is 0 Å². The van der Waals surface area contributed by atoms with E-state index in [0.717, 1.165) is 0 Å². The van der Waals surface area contributed by atoms with Gasteiger partial charge in [-0.25, -0.2) is 9.63 Å². The smallest absolute Gasteiger partial charge is 0.437 e. The van der Waals surface area contributed by atoms with Crippen molar-refractivity contribution in [3.8, 4) is 0 Å². The fourth-order valence-corrected chi connectivity index (χ4v) is 0.636. The summed E-state index contributed by atoms with van der Waals surface area (Å²) in [6, 6.07) is 0. The van der Waals surface area contributed by atoms with Gasteiger partial charge in [0.15, 0.2) is 6.23 Å². The van der Waals surface area contributed by atoms with Crippen LogP contribution in [0.25, 0.3) is 0 Å². The van der Waals surface area contributed by atoms with Gasteiger partial charge < -0.3 is 4.74 Å². The highest BCUT2D eigenvalue weighted by Crippen LogP contribution is 2.22. The third kappa shape index (κ3) is 2.38. The van der Waals surface area contributed by atoms with Gasteiger partial charge in [-0.15, -0.1) is 0 Å². The quantitative estimate of drug-likeness (QED) is 0.503. The molecular weight excluding hydrogens is 146 g/mol. The Hall–Kier alpha value is -0.770. The van der Waals surface area contributed by atoms with Crippen molar-refractivity contribution in [2.45, 2.75) is 39.5 Å². The second kappa shape index (κ2) is 2.37. The Morgan fingerprint density at radius 1 is 1.55 bits per heavy atom. The van der Waals surface area contributed by atoms with Crippen LogP contribution < -0.4 is 0 Å². The maximum Gasteiger partial charge on any atom is 0.437 e. The largest absolute Gasteiger partial charge is 0.442 e. The van der Waals surface area contributed by atoms with Crippen LogP contribution >= 0.6 is 0 Å². The van der Waals surface area contributed by atoms with Crippen molar-refractivity contribution in [1.29, 1.82) is 0 Å². The van der Waals surface area contributed by atoms with Crippen LogP contribution in [0.4, 0.5) is 4.79 Å². The maximum absolute atomic E-state index is 11.0. The molecule has 0 saturated carbocycles. The summed E-state index contributed by atoms with van der Waals surface area (Å²) < 4.78 is 4.99. The van der Waals surface area contributed by atoms with Crippen molar-refractivity contribution in [2.24, 2.45) is 0 Å². The fraction of sp³-hybridized carbons (Fsp3) is 0.857. The molecule has 64 valence electrons. The van der Waals surface area contributed by atoms with Gasteiger partial charge in [0.05, 0.1) is 0 Å². The van der Waals surface area contributed by atoms with Crippen LogP contribution in [0.3, 0.4) is 0 Å². The minimum absolute atomic E-state index is 0.121. The number of nitrogens with zero attached hydrogens (tertiary/aromatic N) is 1. The molecule has 0 radical (unpaired) electrons. The zero-order valence-corrected chi connectivity index (χ0v) is 7.25. The van der Waals surface area contributed by atoms with E-state index in [4.69, 9.17) is 9.57 Å². The average Bonchev–Trinajstić information content (AvgIpc) is 2.41. The molecule has 1 aliphatic rings. The molecule has 4 nitrogen and oxygen atoms in total. The van der Waals surface area contributed by atoms with Crippen molar-refractivity contribution < 1.29 is 14.4 Å². The summed E-state index contributed by atoms with van der Waals surface area (Å²) in [6.07, 6.45) is -0.533. The molecule has 1 aliphatic heterocycles. The van der Waals surface area contributed by atoms with Crippen LogP contribution in [-0.4, -0.2) is 23.0 Å². The molecule has 1 rings (SSSR count). The monoisotopic (exact) mass is 159 g/mol. The molecule has 0 aromatic heterocycles. The molecule has 1 amide bonds. The number of rotatable bonds is 0. The summed E-state index contributed by atoms with van der Waals surface area (Å²) in [6.45, 7) is 7.24. The summed E-state index contributed by atoms with van der Waals surface area (Å²) in [5.74, 6) is 0. The van der Waals surface area contributed by atoms with Gasteiger partial charge in [-0.05, 0) is 27.7 Å². The van der Waals surface area contributed by atoms with Crippen molar-refractivity contribution in [1.82, 2.24) is 5.06 Å². The molecule has 0 bridgehead atoms. The number of carbonyl (C=O) groups excluding carboxylic acids is 1. The van der Waals surface area contributed by atoms with E-state index >= 15 is 0 Å². The number of carbonyl (C=O) groups is 1. The summed E-state index contributed by atoms with van der Waals surface area (Å²) in [5.41, 5.74) is -0.442. The zero-order chi connectivity index (χ0) is 8.65. The first-order chi connectivity index (χ1) is 4.90. The lowest BCUT2D eigenvalue weighted by molar-refractivity contribution is 0.0209. The van der Waals surface area contributed by atoms with Crippen LogP contribution in [0, 0.1) is 0 Å². The Balaban J connectivity index is 2.33. The van der Waals surface area contributed by atoms with E-state index in [2.05, 4.69) is 0 Å². The average molecular weight is 159 g/mol. The van der Waals surface area contributed by atoms with Crippen molar-refractivity contribution in [3.63, 3.8) is 0 Å². The van der Waals surface area contributed by atoms with Crippen LogP contribution in [0.15, 0.2) is 0 Å². The summed E-state index contributed by atoms with van der Waals surface area (Å²) in [4.78, 5) is 15.8. The first kappa shape index (κ1) is 8.33. The van der Waals surface area contributed by atoms with Gasteiger partial charge in [0.2, 0.25) is 0 Å². The second-order valence-electron chi connectivity index (χ2n) is 3.51. The Labute approximate surface area is 66.0 Å². The van der Waals surface area contributed by atoms with E-state index in [0.29, 0.717) is 0 Å². The van der Waals surface area contributed by atoms with Gasteiger partial charge >= 0.3 is 6.09 Å². The van der Waals surface area contributed by atoms with Gasteiger partial charge in [0, 0.05) is 0 Å². The topological polar surface area (TPSA) is 41.8 Å². The van der Waals surface area contributed by atoms with E-state index in [9.17, 15) is 4.79 Å². The number of hydrogen-bond donors (Lipinski definition) is 0. The number of hydroxylamine groups is 2. The predicted octanol–water partition coefficient (Wildman–Crippen LogP) is 1.51. The first-order valence-electron chi connectivity index (χ1n) is 3.59. The van der Waals surface area contributed by atoms with Crippen molar-refractivity contribution in [2.75, 3.05) is 0 Å². The Kier molecular flexibility index (Phi) is 1.80. The number of amides is 1. The van der Waals surface area contributed by atoms with Crippen LogP contribution in [0.5, 0.6) is 0 Å². The van der Waals surface area contributed by atoms with Crippen LogP contribution in [0.2, 0.25) is 0 Å². The molecule has 0 unspecified atom stereocenters. The van der Waals surface area contributed by atoms with Gasteiger partial charge in [0.1, 0.15) is 5.60 Å². The summed E-state index contributed by atoms with van der Waals surface area (Å²) in [7, 11) is 0. The van der Waals surface area contributed by atoms with E-state index in [1.807, 2.05) is 20.8 Å². The van der Waals surface area contributed by atoms with E-state index in [-0.39, 0.29) is 6.23 Å². The van der Waals surface area contributed by atoms with Gasteiger partial charge in [-0.1, -0.05) is 0 Å². The fourth-order valence-electron chi connectivity index (χ4n) is 0.636. The van der Waals surface area contributed by atoms with Crippen LogP contribution in [-0.2, 0) is 9.57 Å². The standard InChI is InChI=1S/C7H13NO3/c1-5-8(11-5)6(9)10-7(2,3)4/h5H,1-4H3/t5-,8?/m0/s1. The highest BCUT2D eigenvalue weighted by Gasteiger charge is 2.40. The molecule has 0 aromatic carbocycles. The Bertz CT molecular complexity index is 173. The predicted molar refractivity (Wildman–Crippen MR) is 38.6 cm³/mol. The normalized spacial score (nSPS) is 23.3. The van der Waals surface area contributed by atoms with E-state index in [1.165, 1.54) is 5.06 Å². The summed E-state index contributed by atoms with van der Waals surface area (Å²) >= 11 is 0. The van der Waals surface area contributed by atoms with E-state index in [1.54, 1.807) is 6.92 Å². The molecular formula is C7H13NO3. The minimum Gasteiger partial charge on any atom is -0.442 e.